The van der Waals surface area contributed by atoms with Crippen molar-refractivity contribution >= 4 is 24.9 Å². The predicted molar refractivity (Wildman–Crippen MR) is 39.6 cm³/mol. The lowest BCUT2D eigenvalue weighted by Gasteiger charge is -1.93. The average Bonchev–Trinajstić information content (AvgIpc) is 1.80. The van der Waals surface area contributed by atoms with Crippen LogP contribution in [0.3, 0.4) is 0 Å². The van der Waals surface area contributed by atoms with E-state index in [-0.39, 0.29) is 10.8 Å². The number of benzene rings is 1. The third-order valence-corrected chi connectivity index (χ3v) is 1.38. The number of rotatable bonds is 0. The monoisotopic (exact) mass is 142 g/mol. The first-order chi connectivity index (χ1) is 4.20. The van der Waals surface area contributed by atoms with Crippen LogP contribution < -0.4 is 5.46 Å². The van der Waals surface area contributed by atoms with Gasteiger partial charge in [0, 0.05) is 0 Å². The Morgan fingerprint density at radius 1 is 1.44 bits per heavy atom. The molecule has 0 nitrogen and oxygen atoms in total. The minimum Gasteiger partial charge on any atom is -0.205 e. The average molecular weight is 142 g/mol. The second kappa shape index (κ2) is 2.40. The molecule has 0 aliphatic carbocycles. The topological polar surface area (TPSA) is 0 Å². The van der Waals surface area contributed by atoms with Gasteiger partial charge in [-0.25, -0.2) is 4.39 Å². The van der Waals surface area contributed by atoms with Gasteiger partial charge in [0.15, 0.2) is 0 Å². The van der Waals surface area contributed by atoms with E-state index < -0.39 is 0 Å². The minimum atomic E-state index is -0.350. The van der Waals surface area contributed by atoms with Crippen LogP contribution in [0, 0.1) is 5.82 Å². The maximum Gasteiger partial charge on any atom is 0.141 e. The fourth-order valence-electron chi connectivity index (χ4n) is 0.601. The van der Waals surface area contributed by atoms with Crippen LogP contribution in [0.25, 0.3) is 0 Å². The molecule has 1 aromatic rings. The molecule has 0 aliphatic rings. The van der Waals surface area contributed by atoms with Crippen molar-refractivity contribution in [1.29, 1.82) is 0 Å². The summed E-state index contributed by atoms with van der Waals surface area (Å²) in [6.45, 7) is 0. The van der Waals surface area contributed by atoms with Crippen molar-refractivity contribution in [2.24, 2.45) is 0 Å². The maximum absolute atomic E-state index is 12.4. The Labute approximate surface area is 59.1 Å². The Kier molecular flexibility index (Phi) is 1.77. The van der Waals surface area contributed by atoms with E-state index in [0.29, 0.717) is 0 Å². The highest BCUT2D eigenvalue weighted by Crippen LogP contribution is 2.10. The normalized spacial score (nSPS) is 9.56. The molecule has 9 heavy (non-hydrogen) atoms. The van der Waals surface area contributed by atoms with Crippen LogP contribution in [0.1, 0.15) is 0 Å². The minimum absolute atomic E-state index is 0.181. The first kappa shape index (κ1) is 6.62. The summed E-state index contributed by atoms with van der Waals surface area (Å²) in [5, 5.41) is 0.181. The second-order valence-corrected chi connectivity index (χ2v) is 2.32. The molecule has 0 spiro atoms. The van der Waals surface area contributed by atoms with E-state index >= 15 is 0 Å². The van der Waals surface area contributed by atoms with Crippen molar-refractivity contribution < 1.29 is 4.39 Å². The van der Waals surface area contributed by atoms with E-state index in [2.05, 4.69) is 0 Å². The molecule has 1 aromatic carbocycles. The highest BCUT2D eigenvalue weighted by molar-refractivity contribution is 6.34. The quantitative estimate of drug-likeness (QED) is 0.469. The summed E-state index contributed by atoms with van der Waals surface area (Å²) in [4.78, 5) is 0. The molecule has 3 heteroatoms. The Bertz CT molecular complexity index is 224. The molecule has 0 N–H and O–H groups in total. The first-order valence-corrected chi connectivity index (χ1v) is 2.99. The van der Waals surface area contributed by atoms with Gasteiger partial charge < -0.3 is 0 Å². The maximum atomic E-state index is 12.4. The fraction of sp³-hybridized carbons (Fsp3) is 0. The van der Waals surface area contributed by atoms with Gasteiger partial charge in [0.25, 0.3) is 0 Å². The van der Waals surface area contributed by atoms with E-state index in [4.69, 9.17) is 11.6 Å². The fourth-order valence-corrected chi connectivity index (χ4v) is 0.719. The van der Waals surface area contributed by atoms with Crippen molar-refractivity contribution in [3.63, 3.8) is 0 Å². The summed E-state index contributed by atoms with van der Waals surface area (Å²) >= 11 is 5.41. The summed E-state index contributed by atoms with van der Waals surface area (Å²) in [7, 11) is 1.82. The zero-order valence-corrected chi connectivity index (χ0v) is 5.74. The lowest BCUT2D eigenvalue weighted by atomic mass is 9.97. The van der Waals surface area contributed by atoms with Gasteiger partial charge in [0.1, 0.15) is 13.7 Å². The summed E-state index contributed by atoms with van der Waals surface area (Å²) < 4.78 is 12.4. The van der Waals surface area contributed by atoms with E-state index in [9.17, 15) is 4.39 Å². The highest BCUT2D eigenvalue weighted by atomic mass is 35.5. The van der Waals surface area contributed by atoms with Crippen LogP contribution in [0.2, 0.25) is 5.02 Å². The number of hydrogen-bond donors (Lipinski definition) is 0. The predicted octanol–water partition coefficient (Wildman–Crippen LogP) is 0.738. The molecule has 0 atom stereocenters. The molecule has 0 bridgehead atoms. The molecule has 0 saturated heterocycles. The first-order valence-electron chi connectivity index (χ1n) is 2.62. The van der Waals surface area contributed by atoms with Crippen LogP contribution in [0.5, 0.6) is 0 Å². The Morgan fingerprint density at radius 3 is 2.56 bits per heavy atom. The summed E-state index contributed by atoms with van der Waals surface area (Å²) in [5.41, 5.74) is 0.886. The molecule has 1 rings (SSSR count). The van der Waals surface area contributed by atoms with Gasteiger partial charge in [-0.1, -0.05) is 23.1 Å². The molecule has 0 unspecified atom stereocenters. The van der Waals surface area contributed by atoms with E-state index in [1.165, 1.54) is 6.07 Å². The molecule has 0 aromatic heterocycles. The third-order valence-electron chi connectivity index (χ3n) is 1.08. The van der Waals surface area contributed by atoms with Gasteiger partial charge >= 0.3 is 0 Å². The summed E-state index contributed by atoms with van der Waals surface area (Å²) in [5.74, 6) is -0.350. The zero-order valence-electron chi connectivity index (χ0n) is 4.99. The molecule has 0 aliphatic heterocycles. The number of hydrogen-bond acceptors (Lipinski definition) is 0. The van der Waals surface area contributed by atoms with E-state index in [0.717, 1.165) is 5.46 Å². The molecule has 0 fully saturated rings. The van der Waals surface area contributed by atoms with Crippen LogP contribution in [0.4, 0.5) is 4.39 Å². The van der Waals surface area contributed by atoms with Gasteiger partial charge in [-0.05, 0) is 12.1 Å². The smallest absolute Gasteiger partial charge is 0.141 e. The molecule has 0 radical (unpaired) electrons. The van der Waals surface area contributed by atoms with Crippen molar-refractivity contribution in [1.82, 2.24) is 0 Å². The molecule has 46 valence electrons. The Balaban J connectivity index is 3.17. The van der Waals surface area contributed by atoms with Gasteiger partial charge in [-0.3, -0.25) is 0 Å². The Morgan fingerprint density at radius 2 is 2.11 bits per heavy atom. The second-order valence-electron chi connectivity index (χ2n) is 1.92. The van der Waals surface area contributed by atoms with Gasteiger partial charge in [0.05, 0.1) is 5.02 Å². The SMILES string of the molecule is Bc1ccc(Cl)c(F)c1. The van der Waals surface area contributed by atoms with E-state index in [1.54, 1.807) is 12.1 Å². The molecule has 0 saturated carbocycles. The van der Waals surface area contributed by atoms with E-state index in [1.807, 2.05) is 7.85 Å². The lowest BCUT2D eigenvalue weighted by molar-refractivity contribution is 0.629. The largest absolute Gasteiger partial charge is 0.205 e. The van der Waals surface area contributed by atoms with Crippen LogP contribution in [-0.4, -0.2) is 7.85 Å². The Hall–Kier alpha value is -0.495. The van der Waals surface area contributed by atoms with Crippen molar-refractivity contribution in [3.8, 4) is 0 Å². The van der Waals surface area contributed by atoms with Crippen molar-refractivity contribution in [2.75, 3.05) is 0 Å². The molecular weight excluding hydrogens is 137 g/mol. The van der Waals surface area contributed by atoms with Crippen LogP contribution in [-0.2, 0) is 0 Å². The van der Waals surface area contributed by atoms with Gasteiger partial charge in [0.2, 0.25) is 0 Å². The third kappa shape index (κ3) is 1.45. The summed E-state index contributed by atoms with van der Waals surface area (Å²) in [6.07, 6.45) is 0. The van der Waals surface area contributed by atoms with Crippen molar-refractivity contribution in [3.05, 3.63) is 29.0 Å². The van der Waals surface area contributed by atoms with Gasteiger partial charge in [-0.2, -0.15) is 0 Å². The standard InChI is InChI=1S/C6H5BClF/c7-4-1-2-5(8)6(9)3-4/h1-3H,7H2. The molecule has 0 heterocycles. The van der Waals surface area contributed by atoms with Gasteiger partial charge in [-0.15, -0.1) is 0 Å². The lowest BCUT2D eigenvalue weighted by Crippen LogP contribution is -2.01. The van der Waals surface area contributed by atoms with Crippen LogP contribution in [0.15, 0.2) is 18.2 Å². The summed E-state index contributed by atoms with van der Waals surface area (Å²) in [6, 6.07) is 4.72. The molecular formula is C6H5BClF. The molecule has 0 amide bonds. The van der Waals surface area contributed by atoms with Crippen molar-refractivity contribution in [2.45, 2.75) is 0 Å². The highest BCUT2D eigenvalue weighted by Gasteiger charge is 1.95. The number of halogens is 2. The zero-order chi connectivity index (χ0) is 6.85. The van der Waals surface area contributed by atoms with Crippen LogP contribution >= 0.6 is 11.6 Å².